The second-order valence-corrected chi connectivity index (χ2v) is 18.1. The summed E-state index contributed by atoms with van der Waals surface area (Å²) in [6.07, 6.45) is 0. The highest BCUT2D eigenvalue weighted by Gasteiger charge is 2.36. The van der Waals surface area contributed by atoms with Crippen molar-refractivity contribution in [1.82, 2.24) is 0 Å². The molecule has 0 aliphatic heterocycles. The fourth-order valence-electron chi connectivity index (χ4n) is 9.84. The summed E-state index contributed by atoms with van der Waals surface area (Å²) in [7, 11) is 0. The zero-order valence-electron chi connectivity index (χ0n) is 35.3. The molecule has 0 radical (unpaired) electrons. The van der Waals surface area contributed by atoms with E-state index in [9.17, 15) is 0 Å². The number of hydrogen-bond acceptors (Lipinski definition) is 2. The Balaban J connectivity index is 1.16. The summed E-state index contributed by atoms with van der Waals surface area (Å²) >= 11 is 0. The van der Waals surface area contributed by atoms with Crippen LogP contribution in [0, 0.1) is 0 Å². The maximum Gasteiger partial charge on any atom is 0.143 e. The molecule has 1 heterocycles. The fraction of sp³-hybridized carbons (Fsp3) is 0.119. The molecule has 0 fully saturated rings. The lowest BCUT2D eigenvalue weighted by molar-refractivity contribution is 0.590. The van der Waals surface area contributed by atoms with Crippen LogP contribution in [0.2, 0.25) is 0 Å². The molecule has 61 heavy (non-hydrogen) atoms. The molecule has 0 N–H and O–H groups in total. The van der Waals surface area contributed by atoms with Crippen LogP contribution in [0.15, 0.2) is 199 Å². The third-order valence-electron chi connectivity index (χ3n) is 13.1. The van der Waals surface area contributed by atoms with Crippen molar-refractivity contribution in [2.45, 2.75) is 45.4 Å². The predicted molar refractivity (Wildman–Crippen MR) is 258 cm³/mol. The summed E-state index contributed by atoms with van der Waals surface area (Å²) < 4.78 is 6.50. The third kappa shape index (κ3) is 6.00. The Labute approximate surface area is 358 Å². The fourth-order valence-corrected chi connectivity index (χ4v) is 9.84. The van der Waals surface area contributed by atoms with Gasteiger partial charge >= 0.3 is 0 Å². The first-order valence-corrected chi connectivity index (χ1v) is 21.4. The average molecular weight is 786 g/mol. The first-order chi connectivity index (χ1) is 29.6. The van der Waals surface area contributed by atoms with Gasteiger partial charge < -0.3 is 9.32 Å². The summed E-state index contributed by atoms with van der Waals surface area (Å²) in [6.45, 7) is 11.6. The van der Waals surface area contributed by atoms with E-state index in [-0.39, 0.29) is 10.8 Å². The van der Waals surface area contributed by atoms with Gasteiger partial charge in [-0.15, -0.1) is 0 Å². The number of benzene rings is 9. The van der Waals surface area contributed by atoms with Crippen molar-refractivity contribution >= 4 is 49.8 Å². The molecule has 0 spiro atoms. The van der Waals surface area contributed by atoms with Gasteiger partial charge in [-0.05, 0) is 97.1 Å². The minimum Gasteiger partial charge on any atom is -0.455 e. The SMILES string of the molecule is CC(C)(C)c1ccc(N(c2ccc3c(c2)-c2ccccc2C3(C)C)c2ccc3ccccc3c2-c2ccc(-c3cccc4c3oc3ccccc34)cc2)c(-c2ccccc2)c1. The highest BCUT2D eigenvalue weighted by molar-refractivity contribution is 6.10. The van der Waals surface area contributed by atoms with Crippen LogP contribution < -0.4 is 4.90 Å². The number of anilines is 3. The topological polar surface area (TPSA) is 16.4 Å². The van der Waals surface area contributed by atoms with E-state index in [2.05, 4.69) is 228 Å². The van der Waals surface area contributed by atoms with Crippen molar-refractivity contribution in [3.8, 4) is 44.5 Å². The lowest BCUT2D eigenvalue weighted by Crippen LogP contribution is -2.16. The van der Waals surface area contributed by atoms with E-state index in [1.165, 1.54) is 55.3 Å². The smallest absolute Gasteiger partial charge is 0.143 e. The standard InChI is InChI=1S/C59H47NO/c1-58(2,3)42-31-35-53(49(36-42)38-16-7-6-8-17-38)60(43-32-33-52-50(37-43)46-20-11-13-24-51(46)59(52,4)5)54-34-30-39-18-9-10-19-44(39)56(54)41-28-26-40(27-29-41)45-22-15-23-48-47-21-12-14-25-55(47)61-57(45)48/h6-37H,1-5H3. The van der Waals surface area contributed by atoms with E-state index in [1.54, 1.807) is 0 Å². The Morgan fingerprint density at radius 1 is 0.443 bits per heavy atom. The van der Waals surface area contributed by atoms with E-state index >= 15 is 0 Å². The monoisotopic (exact) mass is 785 g/mol. The van der Waals surface area contributed by atoms with Gasteiger partial charge in [0.05, 0.1) is 11.4 Å². The normalized spacial score (nSPS) is 13.1. The van der Waals surface area contributed by atoms with E-state index < -0.39 is 0 Å². The molecular formula is C59H47NO. The Bertz CT molecular complexity index is 3310. The lowest BCUT2D eigenvalue weighted by Gasteiger charge is -2.32. The number of rotatable bonds is 6. The first-order valence-electron chi connectivity index (χ1n) is 21.4. The largest absolute Gasteiger partial charge is 0.455 e. The number of para-hydroxylation sites is 2. The van der Waals surface area contributed by atoms with Crippen molar-refractivity contribution in [2.24, 2.45) is 0 Å². The third-order valence-corrected chi connectivity index (χ3v) is 13.1. The molecular weight excluding hydrogens is 739 g/mol. The van der Waals surface area contributed by atoms with Gasteiger partial charge in [-0.25, -0.2) is 0 Å². The molecule has 0 bridgehead atoms. The molecule has 1 aromatic heterocycles. The number of hydrogen-bond donors (Lipinski definition) is 0. The quantitative estimate of drug-likeness (QED) is 0.167. The van der Waals surface area contributed by atoms with Crippen LogP contribution in [0.5, 0.6) is 0 Å². The molecule has 0 saturated heterocycles. The van der Waals surface area contributed by atoms with Crippen molar-refractivity contribution < 1.29 is 4.42 Å². The Morgan fingerprint density at radius 2 is 1.08 bits per heavy atom. The molecule has 11 rings (SSSR count). The summed E-state index contributed by atoms with van der Waals surface area (Å²) in [5, 5.41) is 4.68. The van der Waals surface area contributed by atoms with E-state index in [0.717, 1.165) is 55.7 Å². The highest BCUT2D eigenvalue weighted by atomic mass is 16.3. The van der Waals surface area contributed by atoms with Crippen molar-refractivity contribution in [3.63, 3.8) is 0 Å². The molecule has 0 atom stereocenters. The summed E-state index contributed by atoms with van der Waals surface area (Å²) in [4.78, 5) is 2.52. The molecule has 1 aliphatic rings. The molecule has 2 heteroatoms. The Morgan fingerprint density at radius 3 is 1.90 bits per heavy atom. The lowest BCUT2D eigenvalue weighted by atomic mass is 9.82. The van der Waals surface area contributed by atoms with E-state index in [4.69, 9.17) is 4.42 Å². The zero-order valence-corrected chi connectivity index (χ0v) is 35.3. The summed E-state index contributed by atoms with van der Waals surface area (Å²) in [5.41, 5.74) is 18.6. The Hall–Kier alpha value is -7.16. The van der Waals surface area contributed by atoms with Crippen LogP contribution in [-0.2, 0) is 10.8 Å². The van der Waals surface area contributed by atoms with E-state index in [0.29, 0.717) is 0 Å². The van der Waals surface area contributed by atoms with Gasteiger partial charge in [0.25, 0.3) is 0 Å². The molecule has 0 saturated carbocycles. The van der Waals surface area contributed by atoms with Crippen molar-refractivity contribution in [2.75, 3.05) is 4.90 Å². The summed E-state index contributed by atoms with van der Waals surface area (Å²) in [6, 6.07) is 71.4. The van der Waals surface area contributed by atoms with Gasteiger partial charge in [0.2, 0.25) is 0 Å². The van der Waals surface area contributed by atoms with Crippen LogP contribution in [0.1, 0.15) is 51.3 Å². The zero-order chi connectivity index (χ0) is 41.5. The number of furan rings is 1. The highest BCUT2D eigenvalue weighted by Crippen LogP contribution is 2.53. The average Bonchev–Trinajstić information content (AvgIpc) is 3.78. The second kappa shape index (κ2) is 14.0. The van der Waals surface area contributed by atoms with Gasteiger partial charge in [0.1, 0.15) is 11.2 Å². The van der Waals surface area contributed by atoms with Gasteiger partial charge in [-0.1, -0.05) is 192 Å². The first kappa shape index (κ1) is 36.9. The minimum atomic E-state index is -0.0958. The van der Waals surface area contributed by atoms with Crippen molar-refractivity contribution in [3.05, 3.63) is 211 Å². The molecule has 0 unspecified atom stereocenters. The van der Waals surface area contributed by atoms with Crippen LogP contribution >= 0.6 is 0 Å². The van der Waals surface area contributed by atoms with Crippen LogP contribution in [0.4, 0.5) is 17.1 Å². The van der Waals surface area contributed by atoms with Gasteiger partial charge in [-0.3, -0.25) is 0 Å². The number of fused-ring (bicyclic) bond motifs is 7. The molecule has 9 aromatic carbocycles. The minimum absolute atomic E-state index is 0.0295. The maximum atomic E-state index is 6.50. The molecule has 10 aromatic rings. The van der Waals surface area contributed by atoms with Crippen LogP contribution in [0.25, 0.3) is 77.2 Å². The van der Waals surface area contributed by atoms with E-state index in [1.807, 2.05) is 6.07 Å². The second-order valence-electron chi connectivity index (χ2n) is 18.1. The van der Waals surface area contributed by atoms with Crippen LogP contribution in [0.3, 0.4) is 0 Å². The maximum absolute atomic E-state index is 6.50. The number of nitrogens with zero attached hydrogens (tertiary/aromatic N) is 1. The summed E-state index contributed by atoms with van der Waals surface area (Å²) in [5.74, 6) is 0. The molecule has 0 amide bonds. The molecule has 294 valence electrons. The molecule has 2 nitrogen and oxygen atoms in total. The van der Waals surface area contributed by atoms with Gasteiger partial charge in [0, 0.05) is 38.6 Å². The Kier molecular flexibility index (Phi) is 8.44. The predicted octanol–water partition coefficient (Wildman–Crippen LogP) is 16.8. The van der Waals surface area contributed by atoms with Gasteiger partial charge in [-0.2, -0.15) is 0 Å². The molecule has 1 aliphatic carbocycles. The van der Waals surface area contributed by atoms with Gasteiger partial charge in [0.15, 0.2) is 0 Å². The van der Waals surface area contributed by atoms with Crippen molar-refractivity contribution in [1.29, 1.82) is 0 Å². The van der Waals surface area contributed by atoms with Crippen LogP contribution in [-0.4, -0.2) is 0 Å².